The fourth-order valence-corrected chi connectivity index (χ4v) is 0.264. The van der Waals surface area contributed by atoms with Crippen LogP contribution in [0.1, 0.15) is 0 Å². The van der Waals surface area contributed by atoms with Crippen molar-refractivity contribution in [2.24, 2.45) is 10.2 Å². The van der Waals surface area contributed by atoms with Crippen LogP contribution in [0.15, 0.2) is 10.2 Å². The lowest BCUT2D eigenvalue weighted by Gasteiger charge is -2.05. The Labute approximate surface area is 95.6 Å². The maximum atomic E-state index is 10.8. The van der Waals surface area contributed by atoms with E-state index in [1.807, 2.05) is 0 Å². The van der Waals surface area contributed by atoms with E-state index in [1.54, 1.807) is 0 Å². The highest BCUT2D eigenvalue weighted by Gasteiger charge is 2.03. The van der Waals surface area contributed by atoms with Gasteiger partial charge >= 0.3 is 12.1 Å². The molecule has 0 radical (unpaired) electrons. The molecule has 9 heteroatoms. The van der Waals surface area contributed by atoms with Gasteiger partial charge in [-0.15, -0.1) is 0 Å². The van der Waals surface area contributed by atoms with Crippen molar-refractivity contribution < 1.29 is 13.7 Å². The molecule has 0 aliphatic rings. The van der Waals surface area contributed by atoms with Gasteiger partial charge < -0.3 is 13.9 Å². The smallest absolute Gasteiger partial charge is 0.361 e. The van der Waals surface area contributed by atoms with Crippen LogP contribution in [0.3, 0.4) is 0 Å². The summed E-state index contributed by atoms with van der Waals surface area (Å²) >= 11 is 0. The summed E-state index contributed by atoms with van der Waals surface area (Å²) < 4.78 is 4.53. The predicted molar refractivity (Wildman–Crippen MR) is 64.0 cm³/mol. The average Bonchev–Trinajstić information content (AvgIpc) is 2.14. The van der Waals surface area contributed by atoms with Crippen LogP contribution < -0.4 is 0 Å². The van der Waals surface area contributed by atoms with Crippen molar-refractivity contribution in [1.29, 1.82) is 0 Å². The standard InChI is InChI=1S/C6H12N4O2.H6OSi2/c1-9(2)5(11)7-8-6(12)10(3)4;2-1-3/h1-4H3;2-3H3. The van der Waals surface area contributed by atoms with Gasteiger partial charge in [0.1, 0.15) is 21.0 Å². The van der Waals surface area contributed by atoms with Crippen molar-refractivity contribution in [3.05, 3.63) is 0 Å². The third-order valence-electron chi connectivity index (χ3n) is 0.986. The number of nitrogens with zero attached hydrogens (tertiary/aromatic N) is 4. The van der Waals surface area contributed by atoms with E-state index >= 15 is 0 Å². The molecule has 0 aromatic heterocycles. The molecule has 0 aromatic carbocycles. The molecule has 0 heterocycles. The zero-order valence-corrected chi connectivity index (χ0v) is 14.0. The van der Waals surface area contributed by atoms with Crippen molar-refractivity contribution in [3.8, 4) is 0 Å². The number of amides is 4. The van der Waals surface area contributed by atoms with Gasteiger partial charge in [-0.2, -0.15) is 0 Å². The van der Waals surface area contributed by atoms with Gasteiger partial charge in [0.25, 0.3) is 0 Å². The molecule has 0 fully saturated rings. The molecule has 0 N–H and O–H groups in total. The Morgan fingerprint density at radius 2 is 1.13 bits per heavy atom. The molecule has 4 amide bonds. The normalized spacial score (nSPS) is 9.60. The number of azo groups is 1. The van der Waals surface area contributed by atoms with Gasteiger partial charge in [0, 0.05) is 28.2 Å². The summed E-state index contributed by atoms with van der Waals surface area (Å²) in [5.74, 6) is 0. The zero-order chi connectivity index (χ0) is 12.4. The third kappa shape index (κ3) is 10.9. The van der Waals surface area contributed by atoms with E-state index in [1.165, 1.54) is 38.0 Å². The fourth-order valence-electron chi connectivity index (χ4n) is 0.264. The predicted octanol–water partition coefficient (Wildman–Crippen LogP) is -1.63. The van der Waals surface area contributed by atoms with Crippen LogP contribution in [0.25, 0.3) is 0 Å². The molecule has 0 aromatic rings. The monoisotopic (exact) mass is 250 g/mol. The van der Waals surface area contributed by atoms with E-state index in [0.717, 1.165) is 21.0 Å². The molecule has 88 valence electrons. The lowest BCUT2D eigenvalue weighted by atomic mass is 10.8. The molecule has 0 aliphatic carbocycles. The number of urea groups is 2. The lowest BCUT2D eigenvalue weighted by molar-refractivity contribution is 0.218. The largest absolute Gasteiger partial charge is 0.471 e. The summed E-state index contributed by atoms with van der Waals surface area (Å²) in [6.07, 6.45) is 0. The van der Waals surface area contributed by atoms with Crippen LogP contribution in [0, 0.1) is 0 Å². The van der Waals surface area contributed by atoms with E-state index in [2.05, 4.69) is 14.3 Å². The number of carbonyl (C=O) groups is 2. The van der Waals surface area contributed by atoms with Crippen LogP contribution in [0.4, 0.5) is 9.59 Å². The Bertz CT molecular complexity index is 210. The van der Waals surface area contributed by atoms with Crippen LogP contribution in [-0.4, -0.2) is 71.0 Å². The Balaban J connectivity index is 0. The van der Waals surface area contributed by atoms with Gasteiger partial charge in [-0.1, -0.05) is 10.2 Å². The van der Waals surface area contributed by atoms with Crippen LogP contribution in [0.2, 0.25) is 0 Å². The van der Waals surface area contributed by atoms with Crippen molar-refractivity contribution in [3.63, 3.8) is 0 Å². The Morgan fingerprint density at radius 1 is 0.933 bits per heavy atom. The molecule has 0 saturated heterocycles. The SMILES string of the molecule is CN(C)C(=O)N=NC(=O)N(C)C.[SiH3]O[SiH3]. The summed E-state index contributed by atoms with van der Waals surface area (Å²) in [6, 6.07) is -1.10. The number of rotatable bonds is 0. The van der Waals surface area contributed by atoms with Gasteiger partial charge in [0.05, 0.1) is 0 Å². The molecular formula is C6H18N4O3Si2. The van der Waals surface area contributed by atoms with Crippen LogP contribution in [-0.2, 0) is 4.12 Å². The van der Waals surface area contributed by atoms with E-state index in [4.69, 9.17) is 0 Å². The number of carbonyl (C=O) groups excluding carboxylic acids is 2. The topological polar surface area (TPSA) is 74.6 Å². The van der Waals surface area contributed by atoms with E-state index in [-0.39, 0.29) is 0 Å². The number of hydrogen-bond acceptors (Lipinski definition) is 3. The minimum Gasteiger partial charge on any atom is -0.471 e. The number of hydrogen-bond donors (Lipinski definition) is 0. The second-order valence-electron chi connectivity index (χ2n) is 2.96. The minimum absolute atomic E-state index is 0.551. The molecule has 0 bridgehead atoms. The second kappa shape index (κ2) is 9.49. The van der Waals surface area contributed by atoms with Crippen LogP contribution in [0.5, 0.6) is 0 Å². The maximum Gasteiger partial charge on any atom is 0.361 e. The molecule has 0 rings (SSSR count). The highest BCUT2D eigenvalue weighted by molar-refractivity contribution is 6.15. The highest BCUT2D eigenvalue weighted by atomic mass is 28.3. The van der Waals surface area contributed by atoms with E-state index in [9.17, 15) is 9.59 Å². The Kier molecular flexibility index (Phi) is 10.4. The molecular weight excluding hydrogens is 232 g/mol. The first kappa shape index (κ1) is 16.4. The lowest BCUT2D eigenvalue weighted by Crippen LogP contribution is -2.20. The summed E-state index contributed by atoms with van der Waals surface area (Å²) in [5.41, 5.74) is 0. The first-order valence-electron chi connectivity index (χ1n) is 4.11. The van der Waals surface area contributed by atoms with E-state index in [0.29, 0.717) is 0 Å². The first-order chi connectivity index (χ1) is 6.86. The minimum atomic E-state index is -0.551. The van der Waals surface area contributed by atoms with Crippen molar-refractivity contribution in [2.75, 3.05) is 28.2 Å². The Hall–Kier alpha value is -1.07. The van der Waals surface area contributed by atoms with Gasteiger partial charge in [0.2, 0.25) is 0 Å². The molecule has 0 aliphatic heterocycles. The summed E-state index contributed by atoms with van der Waals surface area (Å²) in [6.45, 7) is 0. The summed E-state index contributed by atoms with van der Waals surface area (Å²) in [5, 5.41) is 6.33. The molecule has 0 atom stereocenters. The van der Waals surface area contributed by atoms with Gasteiger partial charge in [-0.3, -0.25) is 0 Å². The summed E-state index contributed by atoms with van der Waals surface area (Å²) in [4.78, 5) is 24.0. The summed E-state index contributed by atoms with van der Waals surface area (Å²) in [7, 11) is 7.98. The first-order valence-corrected chi connectivity index (χ1v) is 5.74. The third-order valence-corrected chi connectivity index (χ3v) is 0.986. The molecule has 0 saturated carbocycles. The fraction of sp³-hybridized carbons (Fsp3) is 0.667. The Morgan fingerprint density at radius 3 is 1.27 bits per heavy atom. The van der Waals surface area contributed by atoms with Gasteiger partial charge in [-0.25, -0.2) is 9.59 Å². The van der Waals surface area contributed by atoms with Crippen LogP contribution >= 0.6 is 0 Å². The molecule has 15 heavy (non-hydrogen) atoms. The maximum absolute atomic E-state index is 10.8. The zero-order valence-electron chi connectivity index (χ0n) is 10.0. The van der Waals surface area contributed by atoms with Gasteiger partial charge in [-0.05, 0) is 0 Å². The van der Waals surface area contributed by atoms with Gasteiger partial charge in [0.15, 0.2) is 0 Å². The highest BCUT2D eigenvalue weighted by Crippen LogP contribution is 1.89. The van der Waals surface area contributed by atoms with Crippen molar-refractivity contribution in [1.82, 2.24) is 9.80 Å². The average molecular weight is 250 g/mol. The molecule has 0 unspecified atom stereocenters. The second-order valence-corrected chi connectivity index (χ2v) is 6.23. The molecule has 7 nitrogen and oxygen atoms in total. The quantitative estimate of drug-likeness (QED) is 0.382. The molecule has 0 spiro atoms. The van der Waals surface area contributed by atoms with Crippen molar-refractivity contribution >= 4 is 33.0 Å². The van der Waals surface area contributed by atoms with Crippen molar-refractivity contribution in [2.45, 2.75) is 0 Å². The van der Waals surface area contributed by atoms with E-state index < -0.39 is 12.1 Å².